The number of guanidine groups is 1. The molecule has 1 saturated heterocycles. The van der Waals surface area contributed by atoms with E-state index in [0.717, 1.165) is 75.1 Å². The Morgan fingerprint density at radius 3 is 2.46 bits per heavy atom. The highest BCUT2D eigenvalue weighted by Crippen LogP contribution is 2.29. The molecule has 1 aliphatic heterocycles. The second-order valence-corrected chi connectivity index (χ2v) is 8.86. The molecule has 1 aromatic rings. The van der Waals surface area contributed by atoms with Crippen LogP contribution in [0.15, 0.2) is 33.7 Å². The van der Waals surface area contributed by atoms with Crippen LogP contribution in [0, 0.1) is 0 Å². The Balaban J connectivity index is 0.00000280. The van der Waals surface area contributed by atoms with E-state index in [-0.39, 0.29) is 24.0 Å². The second-order valence-electron chi connectivity index (χ2n) is 7.95. The van der Waals surface area contributed by atoms with Crippen LogP contribution in [0.2, 0.25) is 0 Å². The van der Waals surface area contributed by atoms with Crippen molar-refractivity contribution >= 4 is 45.9 Å². The van der Waals surface area contributed by atoms with Crippen LogP contribution in [0.5, 0.6) is 0 Å². The lowest BCUT2D eigenvalue weighted by Gasteiger charge is -2.33. The van der Waals surface area contributed by atoms with Gasteiger partial charge in [-0.2, -0.15) is 0 Å². The van der Waals surface area contributed by atoms with Gasteiger partial charge in [0.05, 0.1) is 12.1 Å². The van der Waals surface area contributed by atoms with Crippen molar-refractivity contribution in [1.82, 2.24) is 15.5 Å². The number of aliphatic hydroxyl groups is 1. The Morgan fingerprint density at radius 2 is 1.86 bits per heavy atom. The van der Waals surface area contributed by atoms with Crippen LogP contribution in [0.1, 0.15) is 51.0 Å². The molecule has 0 bridgehead atoms. The molecular weight excluding hydrogens is 531 g/mol. The molecule has 0 unspecified atom stereocenters. The molecule has 5 nitrogen and oxygen atoms in total. The molecule has 0 amide bonds. The van der Waals surface area contributed by atoms with Crippen molar-refractivity contribution in [3.63, 3.8) is 0 Å². The molecule has 7 heteroatoms. The van der Waals surface area contributed by atoms with Crippen molar-refractivity contribution in [2.24, 2.45) is 4.99 Å². The molecule has 0 aromatic heterocycles. The maximum atomic E-state index is 10.5. The first kappa shape index (κ1) is 23.9. The van der Waals surface area contributed by atoms with E-state index < -0.39 is 5.60 Å². The van der Waals surface area contributed by atoms with Gasteiger partial charge in [-0.25, -0.2) is 0 Å². The lowest BCUT2D eigenvalue weighted by molar-refractivity contribution is 0.0573. The van der Waals surface area contributed by atoms with Crippen molar-refractivity contribution < 1.29 is 5.11 Å². The van der Waals surface area contributed by atoms with E-state index in [9.17, 15) is 5.11 Å². The maximum absolute atomic E-state index is 10.5. The van der Waals surface area contributed by atoms with Crippen molar-refractivity contribution in [3.05, 3.63) is 34.3 Å². The van der Waals surface area contributed by atoms with Crippen LogP contribution in [-0.2, 0) is 6.54 Å². The van der Waals surface area contributed by atoms with Gasteiger partial charge in [-0.1, -0.05) is 40.9 Å². The summed E-state index contributed by atoms with van der Waals surface area (Å²) in [6.07, 6.45) is 6.23. The normalized spacial score (nSPS) is 20.6. The Labute approximate surface area is 194 Å². The molecule has 3 N–H and O–H groups in total. The molecule has 158 valence electrons. The van der Waals surface area contributed by atoms with Crippen LogP contribution >= 0.6 is 39.9 Å². The van der Waals surface area contributed by atoms with E-state index in [1.54, 1.807) is 0 Å². The average molecular weight is 565 g/mol. The summed E-state index contributed by atoms with van der Waals surface area (Å²) in [5, 5.41) is 17.5. The lowest BCUT2D eigenvalue weighted by atomic mass is 10.0. The number of hydrogen-bond acceptors (Lipinski definition) is 3. The summed E-state index contributed by atoms with van der Waals surface area (Å²) in [5.74, 6) is 0.851. The number of aliphatic imine (C=N–C) groups is 1. The number of likely N-dealkylation sites (tertiary alicyclic amines) is 1. The van der Waals surface area contributed by atoms with E-state index in [1.165, 1.54) is 5.56 Å². The molecule has 3 rings (SSSR count). The first-order valence-corrected chi connectivity index (χ1v) is 11.1. The van der Waals surface area contributed by atoms with Gasteiger partial charge in [-0.3, -0.25) is 9.89 Å². The fourth-order valence-corrected chi connectivity index (χ4v) is 4.28. The molecule has 2 fully saturated rings. The Hall–Kier alpha value is -0.380. The number of benzene rings is 1. The van der Waals surface area contributed by atoms with Gasteiger partial charge in [0, 0.05) is 36.7 Å². The highest BCUT2D eigenvalue weighted by Gasteiger charge is 2.31. The first-order valence-electron chi connectivity index (χ1n) is 10.3. The third-order valence-electron chi connectivity index (χ3n) is 5.66. The van der Waals surface area contributed by atoms with Crippen LogP contribution in [0.3, 0.4) is 0 Å². The van der Waals surface area contributed by atoms with E-state index in [4.69, 9.17) is 0 Å². The second kappa shape index (κ2) is 11.7. The average Bonchev–Trinajstić information content (AvgIpc) is 3.10. The predicted octanol–water partition coefficient (Wildman–Crippen LogP) is 3.89. The van der Waals surface area contributed by atoms with Gasteiger partial charge < -0.3 is 15.7 Å². The highest BCUT2D eigenvalue weighted by atomic mass is 127. The minimum Gasteiger partial charge on any atom is -0.388 e. The molecule has 1 saturated carbocycles. The van der Waals surface area contributed by atoms with Crippen molar-refractivity contribution in [3.8, 4) is 0 Å². The van der Waals surface area contributed by atoms with Crippen LogP contribution in [0.4, 0.5) is 0 Å². The van der Waals surface area contributed by atoms with Gasteiger partial charge >= 0.3 is 0 Å². The summed E-state index contributed by atoms with van der Waals surface area (Å²) in [6.45, 7) is 6.63. The molecular formula is C21H34BrIN4O. The van der Waals surface area contributed by atoms with E-state index in [0.29, 0.717) is 12.6 Å². The van der Waals surface area contributed by atoms with Gasteiger partial charge in [0.25, 0.3) is 0 Å². The zero-order valence-electron chi connectivity index (χ0n) is 16.8. The molecule has 0 radical (unpaired) electrons. The summed E-state index contributed by atoms with van der Waals surface area (Å²) in [4.78, 5) is 7.20. The van der Waals surface area contributed by atoms with Crippen LogP contribution in [-0.4, -0.2) is 53.8 Å². The third kappa shape index (κ3) is 7.46. The molecule has 1 aromatic carbocycles. The van der Waals surface area contributed by atoms with Gasteiger partial charge in [-0.15, -0.1) is 24.0 Å². The Bertz CT molecular complexity index is 611. The number of piperidine rings is 1. The molecule has 0 spiro atoms. The lowest BCUT2D eigenvalue weighted by Crippen LogP contribution is -2.49. The van der Waals surface area contributed by atoms with E-state index in [1.807, 2.05) is 0 Å². The van der Waals surface area contributed by atoms with Gasteiger partial charge in [-0.05, 0) is 50.3 Å². The Morgan fingerprint density at radius 1 is 1.21 bits per heavy atom. The van der Waals surface area contributed by atoms with E-state index in [2.05, 4.69) is 67.6 Å². The highest BCUT2D eigenvalue weighted by molar-refractivity contribution is 14.0. The third-order valence-corrected chi connectivity index (χ3v) is 6.19. The summed E-state index contributed by atoms with van der Waals surface area (Å²) in [6, 6.07) is 9.06. The number of halogens is 2. The molecule has 1 heterocycles. The van der Waals surface area contributed by atoms with Crippen molar-refractivity contribution in [2.45, 2.75) is 63.6 Å². The van der Waals surface area contributed by atoms with E-state index >= 15 is 0 Å². The summed E-state index contributed by atoms with van der Waals surface area (Å²) >= 11 is 3.50. The Kier molecular flexibility index (Phi) is 10.00. The van der Waals surface area contributed by atoms with Crippen molar-refractivity contribution in [1.29, 1.82) is 0 Å². The summed E-state index contributed by atoms with van der Waals surface area (Å²) in [7, 11) is 0. The molecule has 1 aliphatic carbocycles. The quantitative estimate of drug-likeness (QED) is 0.279. The number of hydrogen-bond donors (Lipinski definition) is 3. The monoisotopic (exact) mass is 564 g/mol. The topological polar surface area (TPSA) is 59.9 Å². The molecule has 28 heavy (non-hydrogen) atoms. The van der Waals surface area contributed by atoms with Gasteiger partial charge in [0.2, 0.25) is 0 Å². The summed E-state index contributed by atoms with van der Waals surface area (Å²) < 4.78 is 1.13. The molecule has 2 aliphatic rings. The minimum atomic E-state index is -0.587. The first-order chi connectivity index (χ1) is 13.1. The predicted molar refractivity (Wildman–Crippen MR) is 130 cm³/mol. The van der Waals surface area contributed by atoms with Crippen molar-refractivity contribution in [2.75, 3.05) is 26.2 Å². The fraction of sp³-hybridized carbons (Fsp3) is 0.667. The largest absolute Gasteiger partial charge is 0.388 e. The SMILES string of the molecule is CCNC(=NCC1(O)CCCC1)NC1CCN(Cc2ccc(Br)cc2)CC1.I. The summed E-state index contributed by atoms with van der Waals surface area (Å²) in [5.41, 5.74) is 0.778. The molecule has 0 atom stereocenters. The number of rotatable bonds is 6. The van der Waals surface area contributed by atoms with Gasteiger partial charge in [0.15, 0.2) is 5.96 Å². The zero-order valence-corrected chi connectivity index (χ0v) is 20.7. The standard InChI is InChI=1S/C21H33BrN4O.HI/c1-2-23-20(24-16-21(27)11-3-4-12-21)25-19-9-13-26(14-10-19)15-17-5-7-18(22)8-6-17;/h5-8,19,27H,2-4,9-16H2,1H3,(H2,23,24,25);1H. The minimum absolute atomic E-state index is 0. The smallest absolute Gasteiger partial charge is 0.191 e. The number of nitrogens with zero attached hydrogens (tertiary/aromatic N) is 2. The van der Waals surface area contributed by atoms with Crippen LogP contribution < -0.4 is 10.6 Å². The maximum Gasteiger partial charge on any atom is 0.191 e. The number of nitrogens with one attached hydrogen (secondary N) is 2. The van der Waals surface area contributed by atoms with Crippen LogP contribution in [0.25, 0.3) is 0 Å². The zero-order chi connectivity index (χ0) is 19.1. The fourth-order valence-electron chi connectivity index (χ4n) is 4.01. The van der Waals surface area contributed by atoms with Gasteiger partial charge in [0.1, 0.15) is 0 Å².